The number of nitrogens with zero attached hydrogens (tertiary/aromatic N) is 1. The van der Waals surface area contributed by atoms with E-state index in [1.54, 1.807) is 0 Å². The Labute approximate surface area is 180 Å². The van der Waals surface area contributed by atoms with Crippen LogP contribution in [0, 0.1) is 28.5 Å². The van der Waals surface area contributed by atoms with Crippen molar-refractivity contribution < 1.29 is 9.18 Å². The number of hydrogen-bond acceptors (Lipinski definition) is 4. The quantitative estimate of drug-likeness (QED) is 0.637. The van der Waals surface area contributed by atoms with Crippen molar-refractivity contribution in [2.75, 3.05) is 5.32 Å². The number of anilines is 1. The molecule has 2 N–H and O–H groups in total. The van der Waals surface area contributed by atoms with Crippen molar-refractivity contribution in [1.29, 1.82) is 5.26 Å². The lowest BCUT2D eigenvalue weighted by atomic mass is 9.69. The summed E-state index contributed by atoms with van der Waals surface area (Å²) in [5, 5.41) is 16.0. The Bertz CT molecular complexity index is 990. The van der Waals surface area contributed by atoms with Crippen molar-refractivity contribution in [1.82, 2.24) is 5.32 Å². The fourth-order valence-electron chi connectivity index (χ4n) is 3.69. The number of amides is 1. The fourth-order valence-corrected chi connectivity index (χ4v) is 5.23. The molecule has 2 aromatic rings. The molecule has 1 aromatic heterocycles. The van der Waals surface area contributed by atoms with Crippen LogP contribution in [0.25, 0.3) is 0 Å². The summed E-state index contributed by atoms with van der Waals surface area (Å²) in [6.07, 6.45) is 4.02. The maximum absolute atomic E-state index is 13.3. The summed E-state index contributed by atoms with van der Waals surface area (Å²) < 4.78 is 13.3. The van der Waals surface area contributed by atoms with E-state index in [4.69, 9.17) is 12.2 Å². The van der Waals surface area contributed by atoms with Gasteiger partial charge in [-0.3, -0.25) is 10.1 Å². The number of hydrogen-bond donors (Lipinski definition) is 2. The Morgan fingerprint density at radius 3 is 2.86 bits per heavy atom. The number of rotatable bonds is 4. The van der Waals surface area contributed by atoms with Gasteiger partial charge in [-0.2, -0.15) is 5.26 Å². The molecule has 152 valence electrons. The van der Waals surface area contributed by atoms with Gasteiger partial charge in [0.1, 0.15) is 16.9 Å². The lowest BCUT2D eigenvalue weighted by molar-refractivity contribution is 0.0977. The zero-order chi connectivity index (χ0) is 21.2. The third-order valence-electron chi connectivity index (χ3n) is 5.93. The predicted octanol–water partition coefficient (Wildman–Crippen LogP) is 5.43. The summed E-state index contributed by atoms with van der Waals surface area (Å²) in [5.74, 6) is -0.400. The van der Waals surface area contributed by atoms with Crippen LogP contribution in [0.3, 0.4) is 0 Å². The lowest BCUT2D eigenvalue weighted by Gasteiger charge is -2.36. The minimum Gasteiger partial charge on any atom is -0.323 e. The van der Waals surface area contributed by atoms with Gasteiger partial charge in [0.05, 0.1) is 5.56 Å². The summed E-state index contributed by atoms with van der Waals surface area (Å²) in [6, 6.07) is 7.70. The molecule has 3 rings (SSSR count). The zero-order valence-electron chi connectivity index (χ0n) is 16.8. The van der Waals surface area contributed by atoms with Gasteiger partial charge in [-0.05, 0) is 66.6 Å². The molecule has 1 aliphatic carbocycles. The molecular weight excluding hydrogens is 405 g/mol. The standard InChI is InChI=1S/C22H24FN3OS2/c1-4-22(2,3)14-8-9-16-17(12-24)20(29-18(16)11-14)26-21(28)25-19(27)13-6-5-7-15(23)10-13/h5-7,10,14H,4,8-9,11H2,1-3H3,(H2,25,26,27,28)/t14-/m1/s1. The molecule has 1 atom stereocenters. The Morgan fingerprint density at radius 2 is 2.21 bits per heavy atom. The van der Waals surface area contributed by atoms with Crippen molar-refractivity contribution in [2.24, 2.45) is 11.3 Å². The Kier molecular flexibility index (Phi) is 6.35. The van der Waals surface area contributed by atoms with Crippen molar-refractivity contribution in [3.63, 3.8) is 0 Å². The molecule has 0 aliphatic heterocycles. The average Bonchev–Trinajstić information content (AvgIpc) is 3.03. The maximum atomic E-state index is 13.3. The summed E-state index contributed by atoms with van der Waals surface area (Å²) in [7, 11) is 0. The number of halogens is 1. The minimum atomic E-state index is -0.494. The van der Waals surface area contributed by atoms with Gasteiger partial charge in [0.2, 0.25) is 0 Å². The highest BCUT2D eigenvalue weighted by atomic mass is 32.1. The van der Waals surface area contributed by atoms with E-state index >= 15 is 0 Å². The minimum absolute atomic E-state index is 0.0970. The van der Waals surface area contributed by atoms with E-state index in [-0.39, 0.29) is 16.1 Å². The summed E-state index contributed by atoms with van der Waals surface area (Å²) in [4.78, 5) is 13.5. The average molecular weight is 430 g/mol. The third kappa shape index (κ3) is 4.65. The number of thiocarbonyl (C=S) groups is 1. The van der Waals surface area contributed by atoms with Gasteiger partial charge in [0.15, 0.2) is 5.11 Å². The molecular formula is C22H24FN3OS2. The highest BCUT2D eigenvalue weighted by Gasteiger charge is 2.34. The predicted molar refractivity (Wildman–Crippen MR) is 119 cm³/mol. The van der Waals surface area contributed by atoms with Gasteiger partial charge in [0, 0.05) is 10.4 Å². The second-order valence-electron chi connectivity index (χ2n) is 8.02. The van der Waals surface area contributed by atoms with Crippen LogP contribution >= 0.6 is 23.6 Å². The molecule has 1 heterocycles. The first-order valence-corrected chi connectivity index (χ1v) is 10.9. The van der Waals surface area contributed by atoms with Crippen LogP contribution in [0.2, 0.25) is 0 Å². The Hall–Kier alpha value is -2.30. The first kappa shape index (κ1) is 21.4. The van der Waals surface area contributed by atoms with E-state index in [9.17, 15) is 14.4 Å². The first-order valence-electron chi connectivity index (χ1n) is 9.67. The summed E-state index contributed by atoms with van der Waals surface area (Å²) in [6.45, 7) is 6.83. The summed E-state index contributed by atoms with van der Waals surface area (Å²) in [5.41, 5.74) is 2.16. The van der Waals surface area contributed by atoms with E-state index in [0.29, 0.717) is 16.5 Å². The van der Waals surface area contributed by atoms with Crippen LogP contribution in [-0.2, 0) is 12.8 Å². The number of fused-ring (bicyclic) bond motifs is 1. The highest BCUT2D eigenvalue weighted by Crippen LogP contribution is 2.45. The number of nitriles is 1. The molecule has 1 aliphatic rings. The normalized spacial score (nSPS) is 15.9. The molecule has 0 fully saturated rings. The second kappa shape index (κ2) is 8.60. The first-order chi connectivity index (χ1) is 13.7. The molecule has 7 heteroatoms. The number of carbonyl (C=O) groups excluding carboxylic acids is 1. The fraction of sp³-hybridized carbons (Fsp3) is 0.409. The second-order valence-corrected chi connectivity index (χ2v) is 9.53. The van der Waals surface area contributed by atoms with Gasteiger partial charge < -0.3 is 5.32 Å². The monoisotopic (exact) mass is 429 g/mol. The zero-order valence-corrected chi connectivity index (χ0v) is 18.4. The van der Waals surface area contributed by atoms with Gasteiger partial charge in [-0.15, -0.1) is 11.3 Å². The van der Waals surface area contributed by atoms with E-state index in [0.717, 1.165) is 37.3 Å². The Morgan fingerprint density at radius 1 is 1.45 bits per heavy atom. The van der Waals surface area contributed by atoms with E-state index in [2.05, 4.69) is 37.5 Å². The van der Waals surface area contributed by atoms with Crippen LogP contribution in [0.4, 0.5) is 9.39 Å². The van der Waals surface area contributed by atoms with Gasteiger partial charge in [0.25, 0.3) is 5.91 Å². The van der Waals surface area contributed by atoms with Crippen molar-refractivity contribution >= 4 is 39.6 Å². The molecule has 1 aromatic carbocycles. The molecule has 4 nitrogen and oxygen atoms in total. The molecule has 0 bridgehead atoms. The number of thiophene rings is 1. The van der Waals surface area contributed by atoms with Crippen molar-refractivity contribution in [3.8, 4) is 6.07 Å². The number of nitrogens with one attached hydrogen (secondary N) is 2. The molecule has 0 saturated heterocycles. The van der Waals surface area contributed by atoms with Crippen molar-refractivity contribution in [3.05, 3.63) is 51.7 Å². The van der Waals surface area contributed by atoms with Crippen LogP contribution in [0.1, 0.15) is 60.0 Å². The van der Waals surface area contributed by atoms with E-state index < -0.39 is 11.7 Å². The molecule has 0 saturated carbocycles. The number of benzene rings is 1. The van der Waals surface area contributed by atoms with Crippen LogP contribution in [0.15, 0.2) is 24.3 Å². The third-order valence-corrected chi connectivity index (χ3v) is 7.31. The number of carbonyl (C=O) groups is 1. The molecule has 1 amide bonds. The van der Waals surface area contributed by atoms with Crippen LogP contribution in [-0.4, -0.2) is 11.0 Å². The summed E-state index contributed by atoms with van der Waals surface area (Å²) >= 11 is 6.79. The molecule has 0 radical (unpaired) electrons. The Balaban J connectivity index is 1.74. The highest BCUT2D eigenvalue weighted by molar-refractivity contribution is 7.80. The lowest BCUT2D eigenvalue weighted by Crippen LogP contribution is -2.34. The van der Waals surface area contributed by atoms with Crippen LogP contribution < -0.4 is 10.6 Å². The van der Waals surface area contributed by atoms with E-state index in [1.165, 1.54) is 34.4 Å². The smallest absolute Gasteiger partial charge is 0.257 e. The van der Waals surface area contributed by atoms with Crippen LogP contribution in [0.5, 0.6) is 0 Å². The van der Waals surface area contributed by atoms with Gasteiger partial charge in [-0.1, -0.05) is 33.3 Å². The maximum Gasteiger partial charge on any atom is 0.257 e. The molecule has 0 spiro atoms. The molecule has 29 heavy (non-hydrogen) atoms. The SMILES string of the molecule is CCC(C)(C)[C@@H]1CCc2c(sc(NC(=S)NC(=O)c3cccc(F)c3)c2C#N)C1. The van der Waals surface area contributed by atoms with Gasteiger partial charge in [-0.25, -0.2) is 4.39 Å². The van der Waals surface area contributed by atoms with Gasteiger partial charge >= 0.3 is 0 Å². The topological polar surface area (TPSA) is 64.9 Å². The molecule has 0 unspecified atom stereocenters. The van der Waals surface area contributed by atoms with Crippen molar-refractivity contribution in [2.45, 2.75) is 46.5 Å². The van der Waals surface area contributed by atoms with E-state index in [1.807, 2.05) is 0 Å². The largest absolute Gasteiger partial charge is 0.323 e.